The maximum Gasteiger partial charge on any atom is 0.339 e. The third-order valence-corrected chi connectivity index (χ3v) is 5.36. The number of ether oxygens (including phenoxy) is 1. The van der Waals surface area contributed by atoms with Crippen LogP contribution in [0, 0.1) is 0 Å². The minimum atomic E-state index is -1.09. The van der Waals surface area contributed by atoms with Crippen LogP contribution < -0.4 is 10.1 Å². The fourth-order valence-corrected chi connectivity index (χ4v) is 3.77. The highest BCUT2D eigenvalue weighted by atomic mass is 79.9. The average Bonchev–Trinajstić information content (AvgIpc) is 3.11. The summed E-state index contributed by atoms with van der Waals surface area (Å²) in [5.74, 6) is -0.761. The van der Waals surface area contributed by atoms with Crippen LogP contribution >= 0.6 is 27.3 Å². The molecule has 0 unspecified atom stereocenters. The van der Waals surface area contributed by atoms with Gasteiger partial charge in [-0.1, -0.05) is 40.2 Å². The molecule has 0 spiro atoms. The second-order valence-corrected chi connectivity index (χ2v) is 7.56. The molecular weight excluding hydrogens is 442 g/mol. The summed E-state index contributed by atoms with van der Waals surface area (Å²) in [6.07, 6.45) is 3.02. The molecule has 7 heteroatoms. The van der Waals surface area contributed by atoms with E-state index in [0.29, 0.717) is 10.6 Å². The van der Waals surface area contributed by atoms with E-state index in [9.17, 15) is 14.7 Å². The van der Waals surface area contributed by atoms with Gasteiger partial charge in [0.05, 0.1) is 7.11 Å². The Kier molecular flexibility index (Phi) is 6.28. The van der Waals surface area contributed by atoms with Crippen LogP contribution in [0.3, 0.4) is 0 Å². The molecule has 0 atom stereocenters. The standard InChI is InChI=1S/C21H16BrNO4S/c1-27-16-9-2-13(3-10-16)4-11-18(24)23-20-19(21(25)26)17(12-28-20)14-5-7-15(22)8-6-14/h2-12H,1H3,(H,23,24)(H,25,26)/b11-4-. The fraction of sp³-hybridized carbons (Fsp3) is 0.0476. The lowest BCUT2D eigenvalue weighted by molar-refractivity contribution is -0.111. The zero-order chi connectivity index (χ0) is 20.1. The molecule has 1 aromatic heterocycles. The van der Waals surface area contributed by atoms with Crippen molar-refractivity contribution < 1.29 is 19.4 Å². The van der Waals surface area contributed by atoms with Crippen LogP contribution in [-0.4, -0.2) is 24.1 Å². The quantitative estimate of drug-likeness (QED) is 0.476. The first kappa shape index (κ1) is 19.9. The number of aromatic carboxylic acids is 1. The third kappa shape index (κ3) is 4.68. The van der Waals surface area contributed by atoms with Crippen molar-refractivity contribution in [3.63, 3.8) is 0 Å². The Labute approximate surface area is 174 Å². The number of carbonyl (C=O) groups excluding carboxylic acids is 1. The molecule has 0 radical (unpaired) electrons. The lowest BCUT2D eigenvalue weighted by Gasteiger charge is -2.05. The SMILES string of the molecule is COc1ccc(/C=C\C(=O)Nc2scc(-c3ccc(Br)cc3)c2C(=O)O)cc1. The number of rotatable bonds is 6. The number of hydrogen-bond donors (Lipinski definition) is 2. The molecule has 1 amide bonds. The number of benzene rings is 2. The molecular formula is C21H16BrNO4S. The van der Waals surface area contributed by atoms with E-state index in [-0.39, 0.29) is 5.56 Å². The molecule has 2 aromatic carbocycles. The minimum Gasteiger partial charge on any atom is -0.497 e. The normalized spacial score (nSPS) is 10.8. The Bertz CT molecular complexity index is 1020. The molecule has 0 aliphatic carbocycles. The summed E-state index contributed by atoms with van der Waals surface area (Å²) in [6, 6.07) is 14.6. The molecule has 28 heavy (non-hydrogen) atoms. The van der Waals surface area contributed by atoms with Crippen LogP contribution in [0.15, 0.2) is 64.5 Å². The zero-order valence-electron chi connectivity index (χ0n) is 14.8. The molecule has 0 saturated carbocycles. The highest BCUT2D eigenvalue weighted by Crippen LogP contribution is 2.36. The first-order valence-corrected chi connectivity index (χ1v) is 9.89. The molecule has 3 rings (SSSR count). The van der Waals surface area contributed by atoms with Crippen molar-refractivity contribution in [3.8, 4) is 16.9 Å². The van der Waals surface area contributed by atoms with Gasteiger partial charge in [0.1, 0.15) is 16.3 Å². The van der Waals surface area contributed by atoms with Crippen molar-refractivity contribution in [3.05, 3.63) is 75.6 Å². The van der Waals surface area contributed by atoms with Gasteiger partial charge in [-0.3, -0.25) is 4.79 Å². The van der Waals surface area contributed by atoms with Gasteiger partial charge in [0.25, 0.3) is 0 Å². The molecule has 0 saturated heterocycles. The minimum absolute atomic E-state index is 0.0820. The lowest BCUT2D eigenvalue weighted by Crippen LogP contribution is -2.10. The Balaban J connectivity index is 1.79. The number of amides is 1. The maximum absolute atomic E-state index is 12.3. The molecule has 142 valence electrons. The molecule has 1 heterocycles. The summed E-state index contributed by atoms with van der Waals surface area (Å²) in [7, 11) is 1.59. The van der Waals surface area contributed by atoms with E-state index in [2.05, 4.69) is 21.2 Å². The van der Waals surface area contributed by atoms with Gasteiger partial charge in [-0.25, -0.2) is 4.79 Å². The summed E-state index contributed by atoms with van der Waals surface area (Å²) < 4.78 is 6.00. The van der Waals surface area contributed by atoms with E-state index in [1.165, 1.54) is 17.4 Å². The van der Waals surface area contributed by atoms with Gasteiger partial charge in [0.2, 0.25) is 5.91 Å². The van der Waals surface area contributed by atoms with Crippen molar-refractivity contribution in [2.75, 3.05) is 12.4 Å². The van der Waals surface area contributed by atoms with Crippen molar-refractivity contribution in [2.45, 2.75) is 0 Å². The number of anilines is 1. The molecule has 0 aliphatic heterocycles. The van der Waals surface area contributed by atoms with Crippen LogP contribution in [0.2, 0.25) is 0 Å². The van der Waals surface area contributed by atoms with Gasteiger partial charge >= 0.3 is 5.97 Å². The van der Waals surface area contributed by atoms with E-state index in [1.54, 1.807) is 30.7 Å². The lowest BCUT2D eigenvalue weighted by atomic mass is 10.0. The Morgan fingerprint density at radius 3 is 2.39 bits per heavy atom. The average molecular weight is 458 g/mol. The molecule has 0 bridgehead atoms. The number of methoxy groups -OCH3 is 1. The Morgan fingerprint density at radius 1 is 1.11 bits per heavy atom. The maximum atomic E-state index is 12.3. The van der Waals surface area contributed by atoms with Gasteiger partial charge in [0.15, 0.2) is 0 Å². The van der Waals surface area contributed by atoms with Crippen LogP contribution in [0.5, 0.6) is 5.75 Å². The summed E-state index contributed by atoms with van der Waals surface area (Å²) >= 11 is 4.55. The predicted octanol–water partition coefficient (Wildman–Crippen LogP) is 5.54. The smallest absolute Gasteiger partial charge is 0.339 e. The van der Waals surface area contributed by atoms with Crippen LogP contribution in [0.4, 0.5) is 5.00 Å². The summed E-state index contributed by atoms with van der Waals surface area (Å²) in [6.45, 7) is 0. The van der Waals surface area contributed by atoms with Crippen LogP contribution in [0.1, 0.15) is 15.9 Å². The Hall–Kier alpha value is -2.90. The number of carboxylic acids is 1. The van der Waals surface area contributed by atoms with Crippen LogP contribution in [-0.2, 0) is 4.79 Å². The second-order valence-electron chi connectivity index (χ2n) is 5.76. The van der Waals surface area contributed by atoms with E-state index < -0.39 is 11.9 Å². The van der Waals surface area contributed by atoms with Crippen LogP contribution in [0.25, 0.3) is 17.2 Å². The van der Waals surface area contributed by atoms with Gasteiger partial charge < -0.3 is 15.2 Å². The monoisotopic (exact) mass is 457 g/mol. The van der Waals surface area contributed by atoms with E-state index >= 15 is 0 Å². The first-order valence-electron chi connectivity index (χ1n) is 8.22. The van der Waals surface area contributed by atoms with E-state index in [1.807, 2.05) is 36.4 Å². The number of nitrogens with one attached hydrogen (secondary N) is 1. The molecule has 5 nitrogen and oxygen atoms in total. The Morgan fingerprint density at radius 2 is 1.79 bits per heavy atom. The van der Waals surface area contributed by atoms with Crippen molar-refractivity contribution in [1.82, 2.24) is 0 Å². The van der Waals surface area contributed by atoms with Gasteiger partial charge in [-0.05, 0) is 41.5 Å². The second kappa shape index (κ2) is 8.86. The topological polar surface area (TPSA) is 75.6 Å². The summed E-state index contributed by atoms with van der Waals surface area (Å²) in [5, 5.41) is 14.3. The highest BCUT2D eigenvalue weighted by molar-refractivity contribution is 9.10. The van der Waals surface area contributed by atoms with E-state index in [0.717, 1.165) is 21.3 Å². The van der Waals surface area contributed by atoms with Gasteiger partial charge in [0, 0.05) is 21.5 Å². The number of carbonyl (C=O) groups is 2. The third-order valence-electron chi connectivity index (χ3n) is 3.94. The van der Waals surface area contributed by atoms with E-state index in [4.69, 9.17) is 4.74 Å². The number of hydrogen-bond acceptors (Lipinski definition) is 4. The van der Waals surface area contributed by atoms with Crippen molar-refractivity contribution in [1.29, 1.82) is 0 Å². The predicted molar refractivity (Wildman–Crippen MR) is 115 cm³/mol. The number of carboxylic acid groups (broad SMARTS) is 1. The fourth-order valence-electron chi connectivity index (χ4n) is 2.54. The zero-order valence-corrected chi connectivity index (χ0v) is 17.2. The molecule has 2 N–H and O–H groups in total. The summed E-state index contributed by atoms with van der Waals surface area (Å²) in [5.41, 5.74) is 2.25. The first-order chi connectivity index (χ1) is 13.5. The largest absolute Gasteiger partial charge is 0.497 e. The van der Waals surface area contributed by atoms with Gasteiger partial charge in [-0.2, -0.15) is 0 Å². The van der Waals surface area contributed by atoms with Crippen molar-refractivity contribution in [2.24, 2.45) is 0 Å². The number of halogens is 1. The number of thiophene rings is 1. The molecule has 0 fully saturated rings. The molecule has 0 aliphatic rings. The highest BCUT2D eigenvalue weighted by Gasteiger charge is 2.20. The summed E-state index contributed by atoms with van der Waals surface area (Å²) in [4.78, 5) is 24.0. The van der Waals surface area contributed by atoms with Crippen molar-refractivity contribution >= 4 is 50.2 Å². The molecule has 3 aromatic rings. The van der Waals surface area contributed by atoms with Gasteiger partial charge in [-0.15, -0.1) is 11.3 Å².